The minimum Gasteiger partial charge on any atom is -0.430 e. The zero-order chi connectivity index (χ0) is 23.1. The molecule has 0 bridgehead atoms. The number of hydrogen-bond acceptors (Lipinski definition) is 7. The summed E-state index contributed by atoms with van der Waals surface area (Å²) >= 11 is 0. The van der Waals surface area contributed by atoms with Crippen molar-refractivity contribution < 1.29 is 33.3 Å². The minimum atomic E-state index is -0.829. The van der Waals surface area contributed by atoms with E-state index in [1.807, 2.05) is 0 Å². The van der Waals surface area contributed by atoms with Gasteiger partial charge in [0.2, 0.25) is 0 Å². The molecule has 0 saturated heterocycles. The quantitative estimate of drug-likeness (QED) is 0.166. The van der Waals surface area contributed by atoms with Crippen molar-refractivity contribution in [3.63, 3.8) is 0 Å². The fourth-order valence-corrected chi connectivity index (χ4v) is 2.60. The molecule has 7 heteroatoms. The van der Waals surface area contributed by atoms with Gasteiger partial charge in [0.05, 0.1) is 5.56 Å². The molecule has 0 spiro atoms. The predicted molar refractivity (Wildman–Crippen MR) is 118 cm³/mol. The van der Waals surface area contributed by atoms with Crippen LogP contribution < -0.4 is 14.2 Å². The Morgan fingerprint density at radius 3 is 2.06 bits per heavy atom. The van der Waals surface area contributed by atoms with Crippen LogP contribution in [0.4, 0.5) is 4.79 Å². The Hall–Kier alpha value is -4.39. The fourth-order valence-electron chi connectivity index (χ4n) is 2.60. The third kappa shape index (κ3) is 5.82. The highest BCUT2D eigenvalue weighted by molar-refractivity contribution is 5.97. The second-order valence-electron chi connectivity index (χ2n) is 6.71. The van der Waals surface area contributed by atoms with E-state index in [1.54, 1.807) is 43.3 Å². The summed E-state index contributed by atoms with van der Waals surface area (Å²) in [4.78, 5) is 35.6. The van der Waals surface area contributed by atoms with Gasteiger partial charge in [-0.3, -0.25) is 0 Å². The van der Waals surface area contributed by atoms with Crippen molar-refractivity contribution in [1.29, 1.82) is 0 Å². The lowest BCUT2D eigenvalue weighted by Crippen LogP contribution is -2.10. The lowest BCUT2D eigenvalue weighted by molar-refractivity contribution is -0.130. The van der Waals surface area contributed by atoms with Crippen LogP contribution in [0.3, 0.4) is 0 Å². The maximum atomic E-state index is 12.5. The van der Waals surface area contributed by atoms with Gasteiger partial charge in [0, 0.05) is 5.57 Å². The van der Waals surface area contributed by atoms with E-state index in [0.717, 1.165) is 10.8 Å². The lowest BCUT2D eigenvalue weighted by atomic mass is 10.1. The Labute approximate surface area is 184 Å². The highest BCUT2D eigenvalue weighted by atomic mass is 16.7. The molecule has 0 N–H and O–H groups in total. The van der Waals surface area contributed by atoms with E-state index < -0.39 is 18.1 Å². The predicted octanol–water partition coefficient (Wildman–Crippen LogP) is 5.24. The van der Waals surface area contributed by atoms with Crippen LogP contribution in [0.2, 0.25) is 0 Å². The number of hydrogen-bond donors (Lipinski definition) is 0. The van der Waals surface area contributed by atoms with Crippen LogP contribution in [0.25, 0.3) is 10.8 Å². The Kier molecular flexibility index (Phi) is 7.02. The standard InChI is InChI=1S/C25H20O7/c1-4-13-29-25(28)32-22-8-7-17-14-19(6-5-18(17)15-22)24(27)31-21-11-9-20(10-12-21)30-23(26)16(2)3/h4-12,14-15H,1-2,13H2,3H3. The highest BCUT2D eigenvalue weighted by Gasteiger charge is 2.12. The van der Waals surface area contributed by atoms with Crippen LogP contribution in [0.15, 0.2) is 85.5 Å². The molecule has 3 rings (SSSR count). The van der Waals surface area contributed by atoms with Crippen LogP contribution in [0, 0.1) is 0 Å². The van der Waals surface area contributed by atoms with E-state index in [-0.39, 0.29) is 12.2 Å². The van der Waals surface area contributed by atoms with Crippen LogP contribution >= 0.6 is 0 Å². The Morgan fingerprint density at radius 1 is 0.812 bits per heavy atom. The van der Waals surface area contributed by atoms with Gasteiger partial charge in [-0.2, -0.15) is 0 Å². The van der Waals surface area contributed by atoms with Crippen LogP contribution in [-0.4, -0.2) is 24.7 Å². The molecule has 3 aromatic rings. The van der Waals surface area contributed by atoms with Gasteiger partial charge in [-0.1, -0.05) is 31.4 Å². The Balaban J connectivity index is 1.67. The molecule has 0 saturated carbocycles. The molecule has 162 valence electrons. The summed E-state index contributed by atoms with van der Waals surface area (Å²) in [6.45, 7) is 8.58. The van der Waals surface area contributed by atoms with Gasteiger partial charge in [0.15, 0.2) is 0 Å². The van der Waals surface area contributed by atoms with Crippen molar-refractivity contribution in [3.8, 4) is 17.2 Å². The van der Waals surface area contributed by atoms with Gasteiger partial charge in [0.1, 0.15) is 23.9 Å². The van der Waals surface area contributed by atoms with E-state index >= 15 is 0 Å². The summed E-state index contributed by atoms with van der Waals surface area (Å²) in [5.41, 5.74) is 0.623. The third-order valence-electron chi connectivity index (χ3n) is 4.16. The van der Waals surface area contributed by atoms with Crippen molar-refractivity contribution in [3.05, 3.63) is 91.0 Å². The number of esters is 2. The normalized spacial score (nSPS) is 10.2. The summed E-state index contributed by atoms with van der Waals surface area (Å²) in [7, 11) is 0. The van der Waals surface area contributed by atoms with E-state index in [4.69, 9.17) is 18.9 Å². The van der Waals surface area contributed by atoms with Crippen molar-refractivity contribution in [2.24, 2.45) is 0 Å². The minimum absolute atomic E-state index is 0.0558. The molecule has 0 amide bonds. The van der Waals surface area contributed by atoms with Crippen LogP contribution in [0.1, 0.15) is 17.3 Å². The first-order chi connectivity index (χ1) is 15.4. The molecule has 0 aliphatic carbocycles. The maximum absolute atomic E-state index is 12.5. The molecular weight excluding hydrogens is 412 g/mol. The lowest BCUT2D eigenvalue weighted by Gasteiger charge is -2.08. The Morgan fingerprint density at radius 2 is 1.41 bits per heavy atom. The molecule has 0 unspecified atom stereocenters. The van der Waals surface area contributed by atoms with Gasteiger partial charge in [0.25, 0.3) is 0 Å². The van der Waals surface area contributed by atoms with Crippen LogP contribution in [0.5, 0.6) is 17.2 Å². The topological polar surface area (TPSA) is 88.1 Å². The first-order valence-electron chi connectivity index (χ1n) is 9.55. The second kappa shape index (κ2) is 10.1. The Bertz CT molecular complexity index is 1190. The molecule has 0 fully saturated rings. The zero-order valence-electron chi connectivity index (χ0n) is 17.3. The number of fused-ring (bicyclic) bond motifs is 1. The summed E-state index contributed by atoms with van der Waals surface area (Å²) in [5, 5.41) is 1.52. The monoisotopic (exact) mass is 432 g/mol. The van der Waals surface area contributed by atoms with Gasteiger partial charge in [-0.15, -0.1) is 0 Å². The molecule has 7 nitrogen and oxygen atoms in total. The van der Waals surface area contributed by atoms with E-state index in [9.17, 15) is 14.4 Å². The number of carbonyl (C=O) groups is 3. The van der Waals surface area contributed by atoms with Gasteiger partial charge >= 0.3 is 18.1 Å². The highest BCUT2D eigenvalue weighted by Crippen LogP contribution is 2.24. The summed E-state index contributed by atoms with van der Waals surface area (Å²) in [6.07, 6.45) is 0.611. The average molecular weight is 432 g/mol. The molecule has 32 heavy (non-hydrogen) atoms. The first-order valence-corrected chi connectivity index (χ1v) is 9.55. The average Bonchev–Trinajstić information content (AvgIpc) is 2.78. The smallest absolute Gasteiger partial charge is 0.430 e. The van der Waals surface area contributed by atoms with Crippen molar-refractivity contribution in [1.82, 2.24) is 0 Å². The number of benzene rings is 3. The molecule has 0 aliphatic heterocycles. The van der Waals surface area contributed by atoms with Gasteiger partial charge in [-0.05, 0) is 66.2 Å². The molecule has 0 radical (unpaired) electrons. The summed E-state index contributed by atoms with van der Waals surface area (Å²) in [5.74, 6) is -0.156. The molecule has 0 aromatic heterocycles. The molecule has 0 atom stereocenters. The molecule has 0 heterocycles. The van der Waals surface area contributed by atoms with Crippen molar-refractivity contribution >= 4 is 28.9 Å². The first kappa shape index (κ1) is 22.3. The second-order valence-corrected chi connectivity index (χ2v) is 6.71. The zero-order valence-corrected chi connectivity index (χ0v) is 17.3. The van der Waals surface area contributed by atoms with Gasteiger partial charge < -0.3 is 18.9 Å². The third-order valence-corrected chi connectivity index (χ3v) is 4.16. The van der Waals surface area contributed by atoms with Crippen LogP contribution in [-0.2, 0) is 9.53 Å². The largest absolute Gasteiger partial charge is 0.514 e. The number of carbonyl (C=O) groups excluding carboxylic acids is 3. The number of rotatable bonds is 7. The van der Waals surface area contributed by atoms with E-state index in [2.05, 4.69) is 13.2 Å². The van der Waals surface area contributed by atoms with E-state index in [0.29, 0.717) is 22.8 Å². The SMILES string of the molecule is C=CCOC(=O)Oc1ccc2cc(C(=O)Oc3ccc(OC(=O)C(=C)C)cc3)ccc2c1. The van der Waals surface area contributed by atoms with Crippen molar-refractivity contribution in [2.45, 2.75) is 6.92 Å². The summed E-state index contributed by atoms with van der Waals surface area (Å²) in [6, 6.07) is 16.0. The van der Waals surface area contributed by atoms with E-state index in [1.165, 1.54) is 30.3 Å². The molecule has 0 aliphatic rings. The fraction of sp³-hybridized carbons (Fsp3) is 0.0800. The molecular formula is C25H20O7. The summed E-state index contributed by atoms with van der Waals surface area (Å²) < 4.78 is 20.4. The number of ether oxygens (including phenoxy) is 4. The van der Waals surface area contributed by atoms with Gasteiger partial charge in [-0.25, -0.2) is 14.4 Å². The maximum Gasteiger partial charge on any atom is 0.514 e. The van der Waals surface area contributed by atoms with Crippen molar-refractivity contribution in [2.75, 3.05) is 6.61 Å². The molecule has 3 aromatic carbocycles.